The summed E-state index contributed by atoms with van der Waals surface area (Å²) in [6, 6.07) is 5.39. The van der Waals surface area contributed by atoms with Crippen LogP contribution in [-0.2, 0) is 22.3 Å². The highest BCUT2D eigenvalue weighted by Crippen LogP contribution is 2.25. The molecule has 0 spiro atoms. The number of hydrogen-bond acceptors (Lipinski definition) is 2. The molecule has 1 aromatic rings. The molecule has 0 radical (unpaired) electrons. The van der Waals surface area contributed by atoms with E-state index in [1.165, 1.54) is 4.31 Å². The van der Waals surface area contributed by atoms with Crippen molar-refractivity contribution in [3.05, 3.63) is 29.3 Å². The minimum atomic E-state index is -3.48. The third-order valence-corrected chi connectivity index (χ3v) is 6.20. The Hall–Kier alpha value is -0.580. The molecule has 0 aliphatic heterocycles. The molecule has 5 heteroatoms. The fraction of sp³-hybridized carbons (Fsp3) is 0.600. The minimum absolute atomic E-state index is 0.0515. The van der Waals surface area contributed by atoms with E-state index in [2.05, 4.69) is 0 Å². The predicted molar refractivity (Wildman–Crippen MR) is 84.6 cm³/mol. The molecular weight excluding hydrogens is 294 g/mol. The zero-order chi connectivity index (χ0) is 15.5. The van der Waals surface area contributed by atoms with Crippen LogP contribution < -0.4 is 0 Å². The van der Waals surface area contributed by atoms with Gasteiger partial charge in [0, 0.05) is 19.0 Å². The summed E-state index contributed by atoms with van der Waals surface area (Å²) in [6.45, 7) is 7.93. The molecule has 20 heavy (non-hydrogen) atoms. The summed E-state index contributed by atoms with van der Waals surface area (Å²) in [5.41, 5.74) is 1.66. The molecule has 0 aliphatic rings. The van der Waals surface area contributed by atoms with Crippen LogP contribution in [0, 0.1) is 5.92 Å². The highest BCUT2D eigenvalue weighted by Gasteiger charge is 2.28. The first-order valence-corrected chi connectivity index (χ1v) is 8.88. The van der Waals surface area contributed by atoms with E-state index in [1.54, 1.807) is 13.1 Å². The molecule has 3 nitrogen and oxygen atoms in total. The Bertz CT molecular complexity index is 555. The van der Waals surface area contributed by atoms with Crippen molar-refractivity contribution in [2.45, 2.75) is 50.9 Å². The molecule has 0 saturated carbocycles. The highest BCUT2D eigenvalue weighted by atomic mass is 35.5. The summed E-state index contributed by atoms with van der Waals surface area (Å²) >= 11 is 5.83. The van der Waals surface area contributed by atoms with Gasteiger partial charge in [0.25, 0.3) is 0 Å². The van der Waals surface area contributed by atoms with Gasteiger partial charge in [-0.2, -0.15) is 4.31 Å². The summed E-state index contributed by atoms with van der Waals surface area (Å²) in [5.74, 6) is 0.576. The zero-order valence-electron chi connectivity index (χ0n) is 12.9. The SMILES string of the molecule is CCc1ccc(CCl)cc1S(=O)(=O)N(C)C(C)C(C)C. The van der Waals surface area contributed by atoms with Crippen molar-refractivity contribution < 1.29 is 8.42 Å². The van der Waals surface area contributed by atoms with Gasteiger partial charge < -0.3 is 0 Å². The van der Waals surface area contributed by atoms with E-state index in [9.17, 15) is 8.42 Å². The second-order valence-corrected chi connectivity index (χ2v) is 7.67. The minimum Gasteiger partial charge on any atom is -0.207 e. The third-order valence-electron chi connectivity index (χ3n) is 3.86. The van der Waals surface area contributed by atoms with Crippen LogP contribution in [0.5, 0.6) is 0 Å². The van der Waals surface area contributed by atoms with Crippen molar-refractivity contribution in [2.24, 2.45) is 5.92 Å². The molecule has 1 aromatic carbocycles. The van der Waals surface area contributed by atoms with E-state index in [1.807, 2.05) is 39.8 Å². The number of aryl methyl sites for hydroxylation is 1. The molecule has 0 fully saturated rings. The Kier molecular flexibility index (Phi) is 6.05. The lowest BCUT2D eigenvalue weighted by molar-refractivity contribution is 0.315. The van der Waals surface area contributed by atoms with Gasteiger partial charge in [-0.05, 0) is 36.5 Å². The number of nitrogens with zero attached hydrogens (tertiary/aromatic N) is 1. The molecule has 1 rings (SSSR count). The van der Waals surface area contributed by atoms with Crippen molar-refractivity contribution in [1.82, 2.24) is 4.31 Å². The number of hydrogen-bond donors (Lipinski definition) is 0. The van der Waals surface area contributed by atoms with Crippen LogP contribution in [0.3, 0.4) is 0 Å². The summed E-state index contributed by atoms with van der Waals surface area (Å²) in [4.78, 5) is 0.383. The molecule has 0 N–H and O–H groups in total. The maximum atomic E-state index is 12.8. The van der Waals surface area contributed by atoms with Crippen LogP contribution >= 0.6 is 11.6 Å². The van der Waals surface area contributed by atoms with Gasteiger partial charge in [-0.3, -0.25) is 0 Å². The van der Waals surface area contributed by atoms with Crippen molar-refractivity contribution in [3.8, 4) is 0 Å². The largest absolute Gasteiger partial charge is 0.243 e. The fourth-order valence-corrected chi connectivity index (χ4v) is 4.01. The van der Waals surface area contributed by atoms with Crippen molar-refractivity contribution in [2.75, 3.05) is 7.05 Å². The van der Waals surface area contributed by atoms with Crippen LogP contribution in [0.4, 0.5) is 0 Å². The van der Waals surface area contributed by atoms with Gasteiger partial charge in [0.15, 0.2) is 0 Å². The molecule has 114 valence electrons. The van der Waals surface area contributed by atoms with E-state index in [-0.39, 0.29) is 12.0 Å². The average molecular weight is 318 g/mol. The lowest BCUT2D eigenvalue weighted by Gasteiger charge is -2.28. The van der Waals surface area contributed by atoms with E-state index >= 15 is 0 Å². The maximum Gasteiger partial charge on any atom is 0.243 e. The summed E-state index contributed by atoms with van der Waals surface area (Å²) in [6.07, 6.45) is 0.682. The van der Waals surface area contributed by atoms with E-state index in [0.717, 1.165) is 11.1 Å². The van der Waals surface area contributed by atoms with Gasteiger partial charge in [0.2, 0.25) is 10.0 Å². The summed E-state index contributed by atoms with van der Waals surface area (Å²) in [7, 11) is -1.84. The van der Waals surface area contributed by atoms with Gasteiger partial charge in [0.05, 0.1) is 4.90 Å². The lowest BCUT2D eigenvalue weighted by Crippen LogP contribution is -2.38. The number of benzene rings is 1. The first-order valence-electron chi connectivity index (χ1n) is 6.91. The van der Waals surface area contributed by atoms with Crippen molar-refractivity contribution >= 4 is 21.6 Å². The predicted octanol–water partition coefficient (Wildman–Crippen LogP) is 3.65. The monoisotopic (exact) mass is 317 g/mol. The quantitative estimate of drug-likeness (QED) is 0.751. The van der Waals surface area contributed by atoms with E-state index in [0.29, 0.717) is 17.2 Å². The number of rotatable bonds is 6. The smallest absolute Gasteiger partial charge is 0.207 e. The van der Waals surface area contributed by atoms with Gasteiger partial charge in [-0.15, -0.1) is 11.6 Å². The van der Waals surface area contributed by atoms with Crippen LogP contribution in [-0.4, -0.2) is 25.8 Å². The molecule has 0 saturated heterocycles. The fourth-order valence-electron chi connectivity index (χ4n) is 2.01. The zero-order valence-corrected chi connectivity index (χ0v) is 14.4. The number of sulfonamides is 1. The molecular formula is C15H24ClNO2S. The Labute approximate surface area is 128 Å². The summed E-state index contributed by atoms with van der Waals surface area (Å²) < 4.78 is 27.1. The van der Waals surface area contributed by atoms with Crippen molar-refractivity contribution in [1.29, 1.82) is 0 Å². The van der Waals surface area contributed by atoms with Crippen molar-refractivity contribution in [3.63, 3.8) is 0 Å². The molecule has 0 aliphatic carbocycles. The average Bonchev–Trinajstić information content (AvgIpc) is 2.44. The molecule has 1 unspecified atom stereocenters. The van der Waals surface area contributed by atoms with Crippen LogP contribution in [0.15, 0.2) is 23.1 Å². The normalized spacial score (nSPS) is 14.0. The summed E-state index contributed by atoms with van der Waals surface area (Å²) in [5, 5.41) is 0. The van der Waals surface area contributed by atoms with Crippen LogP contribution in [0.1, 0.15) is 38.8 Å². The Balaban J connectivity index is 3.33. The standard InChI is InChI=1S/C15H24ClNO2S/c1-6-14-8-7-13(10-16)9-15(14)20(18,19)17(5)12(4)11(2)3/h7-9,11-12H,6,10H2,1-5H3. The number of alkyl halides is 1. The first kappa shape index (κ1) is 17.5. The van der Waals surface area contributed by atoms with Gasteiger partial charge >= 0.3 is 0 Å². The lowest BCUT2D eigenvalue weighted by atomic mass is 10.1. The van der Waals surface area contributed by atoms with E-state index in [4.69, 9.17) is 11.6 Å². The van der Waals surface area contributed by atoms with Crippen LogP contribution in [0.2, 0.25) is 0 Å². The number of halogens is 1. The molecule has 0 bridgehead atoms. The molecule has 1 atom stereocenters. The highest BCUT2D eigenvalue weighted by molar-refractivity contribution is 7.89. The topological polar surface area (TPSA) is 37.4 Å². The second kappa shape index (κ2) is 6.92. The van der Waals surface area contributed by atoms with Gasteiger partial charge in [0.1, 0.15) is 0 Å². The Morgan fingerprint density at radius 3 is 2.30 bits per heavy atom. The molecule has 0 amide bonds. The molecule has 0 heterocycles. The first-order chi connectivity index (χ1) is 9.25. The van der Waals surface area contributed by atoms with E-state index < -0.39 is 10.0 Å². The Morgan fingerprint density at radius 1 is 1.25 bits per heavy atom. The van der Waals surface area contributed by atoms with Gasteiger partial charge in [-0.1, -0.05) is 32.9 Å². The second-order valence-electron chi connectivity index (χ2n) is 5.44. The van der Waals surface area contributed by atoms with Gasteiger partial charge in [-0.25, -0.2) is 8.42 Å². The molecule has 0 aromatic heterocycles. The maximum absolute atomic E-state index is 12.8. The third kappa shape index (κ3) is 3.54. The Morgan fingerprint density at radius 2 is 1.85 bits per heavy atom. The van der Waals surface area contributed by atoms with Crippen LogP contribution in [0.25, 0.3) is 0 Å².